The molecule has 2 heterocycles. The standard InChI is InChI=1S/C11H14N6O/c1-8(6-17-5-4-13-7-17)14-10-3-2-9(11(12)18)15-16-10/h2-5,7-8H,6H2,1H3,(H2,12,18)(H,14,16). The molecule has 0 aromatic carbocycles. The van der Waals surface area contributed by atoms with E-state index in [1.165, 1.54) is 0 Å². The maximum absolute atomic E-state index is 10.8. The van der Waals surface area contributed by atoms with E-state index in [0.717, 1.165) is 6.54 Å². The quantitative estimate of drug-likeness (QED) is 0.789. The minimum Gasteiger partial charge on any atom is -0.364 e. The number of nitrogens with two attached hydrogens (primary N) is 1. The van der Waals surface area contributed by atoms with Gasteiger partial charge in [-0.05, 0) is 19.1 Å². The van der Waals surface area contributed by atoms with E-state index in [9.17, 15) is 4.79 Å². The predicted molar refractivity (Wildman–Crippen MR) is 65.9 cm³/mol. The van der Waals surface area contributed by atoms with Crippen molar-refractivity contribution < 1.29 is 4.79 Å². The maximum Gasteiger partial charge on any atom is 0.269 e. The number of primary amides is 1. The van der Waals surface area contributed by atoms with Gasteiger partial charge in [0, 0.05) is 25.0 Å². The zero-order chi connectivity index (χ0) is 13.0. The second kappa shape index (κ2) is 5.26. The van der Waals surface area contributed by atoms with Crippen molar-refractivity contribution in [2.45, 2.75) is 19.5 Å². The first-order valence-corrected chi connectivity index (χ1v) is 5.51. The maximum atomic E-state index is 10.8. The van der Waals surface area contributed by atoms with Gasteiger partial charge in [0.2, 0.25) is 0 Å². The molecule has 1 unspecified atom stereocenters. The molecule has 94 valence electrons. The molecule has 1 atom stereocenters. The van der Waals surface area contributed by atoms with Crippen molar-refractivity contribution in [3.8, 4) is 0 Å². The molecule has 2 aromatic heterocycles. The Morgan fingerprint density at radius 2 is 2.33 bits per heavy atom. The van der Waals surface area contributed by atoms with E-state index in [1.54, 1.807) is 24.7 Å². The molecule has 0 saturated carbocycles. The molecule has 0 fully saturated rings. The molecule has 7 nitrogen and oxygen atoms in total. The molecule has 2 aromatic rings. The van der Waals surface area contributed by atoms with E-state index in [4.69, 9.17) is 5.73 Å². The SMILES string of the molecule is CC(Cn1ccnc1)Nc1ccc(C(N)=O)nn1. The number of carbonyl (C=O) groups is 1. The number of imidazole rings is 1. The third-order valence-corrected chi connectivity index (χ3v) is 2.36. The summed E-state index contributed by atoms with van der Waals surface area (Å²) in [5, 5.41) is 10.8. The molecular weight excluding hydrogens is 232 g/mol. The van der Waals surface area contributed by atoms with Crippen LogP contribution in [0.15, 0.2) is 30.9 Å². The number of amides is 1. The summed E-state index contributed by atoms with van der Waals surface area (Å²) < 4.78 is 1.96. The van der Waals surface area contributed by atoms with Crippen LogP contribution in [0.1, 0.15) is 17.4 Å². The van der Waals surface area contributed by atoms with Crippen molar-refractivity contribution in [1.29, 1.82) is 0 Å². The lowest BCUT2D eigenvalue weighted by Gasteiger charge is -2.14. The number of hydrogen-bond acceptors (Lipinski definition) is 5. The minimum atomic E-state index is -0.583. The van der Waals surface area contributed by atoms with Gasteiger partial charge in [0.1, 0.15) is 5.82 Å². The van der Waals surface area contributed by atoms with Crippen LogP contribution in [0, 0.1) is 0 Å². The fourth-order valence-electron chi connectivity index (χ4n) is 1.55. The molecule has 0 spiro atoms. The summed E-state index contributed by atoms with van der Waals surface area (Å²) >= 11 is 0. The number of nitrogens with one attached hydrogen (secondary N) is 1. The number of aromatic nitrogens is 4. The number of carbonyl (C=O) groups excluding carboxylic acids is 1. The van der Waals surface area contributed by atoms with E-state index in [-0.39, 0.29) is 11.7 Å². The van der Waals surface area contributed by atoms with Gasteiger partial charge in [0.15, 0.2) is 5.69 Å². The molecule has 0 bridgehead atoms. The summed E-state index contributed by atoms with van der Waals surface area (Å²) in [6, 6.07) is 3.38. The Kier molecular flexibility index (Phi) is 3.52. The lowest BCUT2D eigenvalue weighted by Crippen LogP contribution is -2.22. The lowest BCUT2D eigenvalue weighted by atomic mass is 10.3. The van der Waals surface area contributed by atoms with Gasteiger partial charge >= 0.3 is 0 Å². The van der Waals surface area contributed by atoms with Crippen molar-refractivity contribution >= 4 is 11.7 Å². The van der Waals surface area contributed by atoms with Crippen LogP contribution in [0.5, 0.6) is 0 Å². The summed E-state index contributed by atoms with van der Waals surface area (Å²) in [5.74, 6) is 0.0214. The molecule has 0 aliphatic rings. The molecule has 7 heteroatoms. The zero-order valence-electron chi connectivity index (χ0n) is 9.95. The van der Waals surface area contributed by atoms with Crippen molar-refractivity contribution in [2.24, 2.45) is 5.73 Å². The number of rotatable bonds is 5. The van der Waals surface area contributed by atoms with Gasteiger partial charge in [-0.15, -0.1) is 10.2 Å². The molecule has 18 heavy (non-hydrogen) atoms. The summed E-state index contributed by atoms with van der Waals surface area (Å²) in [6.45, 7) is 2.78. The van der Waals surface area contributed by atoms with Gasteiger partial charge in [-0.1, -0.05) is 0 Å². The van der Waals surface area contributed by atoms with Crippen molar-refractivity contribution in [3.05, 3.63) is 36.5 Å². The third-order valence-electron chi connectivity index (χ3n) is 2.36. The van der Waals surface area contributed by atoms with Gasteiger partial charge in [0.25, 0.3) is 5.91 Å². The molecule has 2 rings (SSSR count). The Balaban J connectivity index is 1.94. The van der Waals surface area contributed by atoms with Crippen LogP contribution in [0.2, 0.25) is 0 Å². The Labute approximate surface area is 104 Å². The average molecular weight is 246 g/mol. The smallest absolute Gasteiger partial charge is 0.269 e. The summed E-state index contributed by atoms with van der Waals surface area (Å²) in [6.07, 6.45) is 5.37. The van der Waals surface area contributed by atoms with E-state index >= 15 is 0 Å². The van der Waals surface area contributed by atoms with E-state index < -0.39 is 5.91 Å². The molecule has 0 aliphatic heterocycles. The molecule has 1 amide bonds. The highest BCUT2D eigenvalue weighted by Gasteiger charge is 2.06. The molecule has 0 radical (unpaired) electrons. The van der Waals surface area contributed by atoms with Gasteiger partial charge in [-0.2, -0.15) is 0 Å². The van der Waals surface area contributed by atoms with E-state index in [2.05, 4.69) is 20.5 Å². The minimum absolute atomic E-state index is 0.155. The highest BCUT2D eigenvalue weighted by atomic mass is 16.1. The van der Waals surface area contributed by atoms with E-state index in [0.29, 0.717) is 5.82 Å². The van der Waals surface area contributed by atoms with Crippen LogP contribution >= 0.6 is 0 Å². The van der Waals surface area contributed by atoms with Crippen molar-refractivity contribution in [1.82, 2.24) is 19.7 Å². The fourth-order valence-corrected chi connectivity index (χ4v) is 1.55. The lowest BCUT2D eigenvalue weighted by molar-refractivity contribution is 0.0994. The predicted octanol–water partition coefficient (Wildman–Crippen LogP) is 0.273. The largest absolute Gasteiger partial charge is 0.364 e. The topological polar surface area (TPSA) is 98.7 Å². The monoisotopic (exact) mass is 246 g/mol. The Hall–Kier alpha value is -2.44. The second-order valence-electron chi connectivity index (χ2n) is 3.97. The Morgan fingerprint density at radius 1 is 1.50 bits per heavy atom. The fraction of sp³-hybridized carbons (Fsp3) is 0.273. The number of nitrogens with zero attached hydrogens (tertiary/aromatic N) is 4. The third kappa shape index (κ3) is 3.03. The zero-order valence-corrected chi connectivity index (χ0v) is 9.95. The Morgan fingerprint density at radius 3 is 2.89 bits per heavy atom. The van der Waals surface area contributed by atoms with Crippen LogP contribution in [0.4, 0.5) is 5.82 Å². The molecule has 0 saturated heterocycles. The first-order valence-electron chi connectivity index (χ1n) is 5.51. The highest BCUT2D eigenvalue weighted by Crippen LogP contribution is 2.05. The first-order chi connectivity index (χ1) is 8.65. The molecular formula is C11H14N6O. The Bertz CT molecular complexity index is 507. The van der Waals surface area contributed by atoms with Crippen molar-refractivity contribution in [2.75, 3.05) is 5.32 Å². The summed E-state index contributed by atoms with van der Waals surface area (Å²) in [4.78, 5) is 14.8. The summed E-state index contributed by atoms with van der Waals surface area (Å²) in [7, 11) is 0. The van der Waals surface area contributed by atoms with Crippen LogP contribution in [-0.2, 0) is 6.54 Å². The van der Waals surface area contributed by atoms with Gasteiger partial charge in [-0.3, -0.25) is 4.79 Å². The number of anilines is 1. The molecule has 0 aliphatic carbocycles. The van der Waals surface area contributed by atoms with E-state index in [1.807, 2.05) is 17.7 Å². The van der Waals surface area contributed by atoms with Crippen LogP contribution in [-0.4, -0.2) is 31.7 Å². The van der Waals surface area contributed by atoms with Crippen LogP contribution in [0.25, 0.3) is 0 Å². The van der Waals surface area contributed by atoms with Crippen molar-refractivity contribution in [3.63, 3.8) is 0 Å². The second-order valence-corrected chi connectivity index (χ2v) is 3.97. The van der Waals surface area contributed by atoms with Crippen LogP contribution in [0.3, 0.4) is 0 Å². The van der Waals surface area contributed by atoms with Gasteiger partial charge < -0.3 is 15.6 Å². The number of hydrogen-bond donors (Lipinski definition) is 2. The van der Waals surface area contributed by atoms with Gasteiger partial charge in [-0.25, -0.2) is 4.98 Å². The molecule has 3 N–H and O–H groups in total. The normalized spacial score (nSPS) is 12.1. The van der Waals surface area contributed by atoms with Crippen LogP contribution < -0.4 is 11.1 Å². The highest BCUT2D eigenvalue weighted by molar-refractivity contribution is 5.90. The summed E-state index contributed by atoms with van der Waals surface area (Å²) in [5.41, 5.74) is 5.24. The average Bonchev–Trinajstić information content (AvgIpc) is 2.82. The first kappa shape index (κ1) is 12.0. The van der Waals surface area contributed by atoms with Gasteiger partial charge in [0.05, 0.1) is 6.33 Å².